The van der Waals surface area contributed by atoms with Crippen LogP contribution in [0.25, 0.3) is 0 Å². The Labute approximate surface area is 195 Å². The van der Waals surface area contributed by atoms with Crippen LogP contribution in [0.3, 0.4) is 0 Å². The van der Waals surface area contributed by atoms with Gasteiger partial charge in [-0.15, -0.1) is 0 Å². The Hall–Kier alpha value is -4.45. The molecule has 1 unspecified atom stereocenters. The topological polar surface area (TPSA) is 168 Å². The number of aromatic nitrogens is 3. The first-order valence-electron chi connectivity index (χ1n) is 10.5. The predicted molar refractivity (Wildman–Crippen MR) is 126 cm³/mol. The first-order chi connectivity index (χ1) is 16.5. The lowest BCUT2D eigenvalue weighted by molar-refractivity contribution is -0.119. The van der Waals surface area contributed by atoms with E-state index in [0.717, 1.165) is 22.4 Å². The molecule has 0 aliphatic carbocycles. The van der Waals surface area contributed by atoms with Crippen molar-refractivity contribution in [3.8, 4) is 5.75 Å². The molecule has 1 aliphatic rings. The van der Waals surface area contributed by atoms with E-state index >= 15 is 0 Å². The summed E-state index contributed by atoms with van der Waals surface area (Å²) < 4.78 is 5.18. The van der Waals surface area contributed by atoms with Gasteiger partial charge < -0.3 is 31.7 Å². The molecule has 0 spiro atoms. The third-order valence-corrected chi connectivity index (χ3v) is 5.00. The largest absolute Gasteiger partial charge is 0.497 e. The molecule has 2 heterocycles. The van der Waals surface area contributed by atoms with E-state index in [0.29, 0.717) is 31.5 Å². The van der Waals surface area contributed by atoms with Gasteiger partial charge in [-0.2, -0.15) is 15.0 Å². The Morgan fingerprint density at radius 3 is 1.88 bits per heavy atom. The van der Waals surface area contributed by atoms with Crippen LogP contribution in [0.2, 0.25) is 0 Å². The van der Waals surface area contributed by atoms with Gasteiger partial charge >= 0.3 is 6.03 Å². The van der Waals surface area contributed by atoms with Crippen molar-refractivity contribution in [2.75, 3.05) is 23.1 Å². The standard InChI is InChI=1S/C22H25N9O3/c1-34-16-8-6-15(7-9-16)12-25-20-29-19(24-11-14-4-2-13(10-23)3-5-14)30-21(31-20)26-17-18(32)28-22(33)27-17/h2-9,17H,10-12,23H2,1H3,(H2,27,28,32,33)(H3,24,25,26,29,30,31). The molecular weight excluding hydrogens is 438 g/mol. The molecule has 3 aromatic rings. The second kappa shape index (κ2) is 10.4. The fraction of sp³-hybridized carbons (Fsp3) is 0.227. The minimum Gasteiger partial charge on any atom is -0.497 e. The van der Waals surface area contributed by atoms with E-state index in [9.17, 15) is 9.59 Å². The van der Waals surface area contributed by atoms with Crippen LogP contribution in [-0.2, 0) is 24.4 Å². The van der Waals surface area contributed by atoms with Gasteiger partial charge in [0.1, 0.15) is 5.75 Å². The summed E-state index contributed by atoms with van der Waals surface area (Å²) >= 11 is 0. The lowest BCUT2D eigenvalue weighted by Gasteiger charge is -2.14. The molecule has 176 valence electrons. The average Bonchev–Trinajstić information content (AvgIpc) is 3.18. The van der Waals surface area contributed by atoms with Gasteiger partial charge in [0.05, 0.1) is 7.11 Å². The number of benzene rings is 2. The minimum atomic E-state index is -0.985. The zero-order valence-electron chi connectivity index (χ0n) is 18.5. The number of anilines is 3. The van der Waals surface area contributed by atoms with E-state index in [1.165, 1.54) is 0 Å². The van der Waals surface area contributed by atoms with Crippen molar-refractivity contribution in [1.82, 2.24) is 25.6 Å². The fourth-order valence-corrected chi connectivity index (χ4v) is 3.14. The van der Waals surface area contributed by atoms with E-state index in [-0.39, 0.29) is 5.95 Å². The summed E-state index contributed by atoms with van der Waals surface area (Å²) in [5.41, 5.74) is 8.70. The van der Waals surface area contributed by atoms with Crippen molar-refractivity contribution in [3.05, 3.63) is 65.2 Å². The smallest absolute Gasteiger partial charge is 0.323 e. The Bertz CT molecular complexity index is 1080. The second-order valence-corrected chi connectivity index (χ2v) is 7.42. The van der Waals surface area contributed by atoms with Crippen LogP contribution in [-0.4, -0.2) is 40.2 Å². The highest BCUT2D eigenvalue weighted by molar-refractivity contribution is 6.05. The summed E-state index contributed by atoms with van der Waals surface area (Å²) in [6.45, 7) is 1.39. The van der Waals surface area contributed by atoms with E-state index in [4.69, 9.17) is 10.5 Å². The molecule has 1 fully saturated rings. The number of methoxy groups -OCH3 is 1. The van der Waals surface area contributed by atoms with Gasteiger partial charge in [0.25, 0.3) is 5.91 Å². The van der Waals surface area contributed by atoms with Crippen LogP contribution < -0.4 is 37.1 Å². The maximum atomic E-state index is 11.9. The molecule has 1 atom stereocenters. The number of amides is 3. The van der Waals surface area contributed by atoms with E-state index in [1.54, 1.807) is 7.11 Å². The summed E-state index contributed by atoms with van der Waals surface area (Å²) in [6.07, 6.45) is -0.985. The Balaban J connectivity index is 1.49. The maximum absolute atomic E-state index is 11.9. The minimum absolute atomic E-state index is 0.121. The lowest BCUT2D eigenvalue weighted by atomic mass is 10.1. The molecule has 34 heavy (non-hydrogen) atoms. The third kappa shape index (κ3) is 5.86. The van der Waals surface area contributed by atoms with Crippen LogP contribution in [0.1, 0.15) is 16.7 Å². The van der Waals surface area contributed by atoms with Gasteiger partial charge in [0, 0.05) is 19.6 Å². The quantitative estimate of drug-likeness (QED) is 0.240. The van der Waals surface area contributed by atoms with Crippen molar-refractivity contribution < 1.29 is 14.3 Å². The van der Waals surface area contributed by atoms with Crippen LogP contribution in [0.5, 0.6) is 5.75 Å². The van der Waals surface area contributed by atoms with E-state index < -0.39 is 18.1 Å². The molecule has 0 radical (unpaired) electrons. The van der Waals surface area contributed by atoms with Crippen LogP contribution in [0, 0.1) is 0 Å². The molecule has 0 saturated carbocycles. The molecule has 7 N–H and O–H groups in total. The van der Waals surface area contributed by atoms with E-state index in [2.05, 4.69) is 41.5 Å². The zero-order valence-corrected chi connectivity index (χ0v) is 18.5. The Morgan fingerprint density at radius 2 is 1.38 bits per heavy atom. The molecule has 2 aromatic carbocycles. The first-order valence-corrected chi connectivity index (χ1v) is 10.5. The number of hydrogen-bond acceptors (Lipinski definition) is 10. The average molecular weight is 464 g/mol. The van der Waals surface area contributed by atoms with Gasteiger partial charge in [0.15, 0.2) is 6.17 Å². The highest BCUT2D eigenvalue weighted by Gasteiger charge is 2.30. The maximum Gasteiger partial charge on any atom is 0.323 e. The SMILES string of the molecule is COc1ccc(CNc2nc(NCc3ccc(CN)cc3)nc(NC3NC(=O)NC3=O)n2)cc1. The van der Waals surface area contributed by atoms with Crippen molar-refractivity contribution >= 4 is 29.8 Å². The summed E-state index contributed by atoms with van der Waals surface area (Å²) in [7, 11) is 1.61. The number of nitrogens with one attached hydrogen (secondary N) is 5. The number of nitrogens with two attached hydrogens (primary N) is 1. The number of urea groups is 1. The fourth-order valence-electron chi connectivity index (χ4n) is 3.14. The van der Waals surface area contributed by atoms with Gasteiger partial charge in [-0.3, -0.25) is 10.1 Å². The van der Waals surface area contributed by atoms with Crippen LogP contribution in [0.4, 0.5) is 22.6 Å². The van der Waals surface area contributed by atoms with Crippen molar-refractivity contribution in [3.63, 3.8) is 0 Å². The van der Waals surface area contributed by atoms with Gasteiger partial charge in [-0.05, 0) is 28.8 Å². The summed E-state index contributed by atoms with van der Waals surface area (Å²) in [4.78, 5) is 36.4. The van der Waals surface area contributed by atoms with Crippen molar-refractivity contribution in [2.45, 2.75) is 25.8 Å². The zero-order chi connectivity index (χ0) is 23.9. The van der Waals surface area contributed by atoms with Crippen LogP contribution in [0.15, 0.2) is 48.5 Å². The third-order valence-electron chi connectivity index (χ3n) is 5.00. The summed E-state index contributed by atoms with van der Waals surface area (Å²) in [5, 5.41) is 13.7. The molecule has 1 aromatic heterocycles. The van der Waals surface area contributed by atoms with Crippen molar-refractivity contribution in [1.29, 1.82) is 0 Å². The molecule has 4 rings (SSSR count). The molecule has 12 heteroatoms. The first kappa shape index (κ1) is 22.7. The predicted octanol–water partition coefficient (Wildman–Crippen LogP) is 1.14. The van der Waals surface area contributed by atoms with Crippen molar-refractivity contribution in [2.24, 2.45) is 5.73 Å². The molecule has 0 bridgehead atoms. The Kier molecular flexibility index (Phi) is 6.98. The molecule has 12 nitrogen and oxygen atoms in total. The highest BCUT2D eigenvalue weighted by Crippen LogP contribution is 2.15. The number of rotatable bonds is 10. The molecule has 1 saturated heterocycles. The van der Waals surface area contributed by atoms with Gasteiger partial charge in [0.2, 0.25) is 17.8 Å². The van der Waals surface area contributed by atoms with Gasteiger partial charge in [-0.1, -0.05) is 36.4 Å². The summed E-state index contributed by atoms with van der Waals surface area (Å²) in [5.74, 6) is 0.947. The molecular formula is C22H25N9O3. The lowest BCUT2D eigenvalue weighted by Crippen LogP contribution is -2.37. The number of imide groups is 1. The highest BCUT2D eigenvalue weighted by atomic mass is 16.5. The monoisotopic (exact) mass is 463 g/mol. The van der Waals surface area contributed by atoms with E-state index in [1.807, 2.05) is 48.5 Å². The number of carbonyl (C=O) groups excluding carboxylic acids is 2. The number of hydrogen-bond donors (Lipinski definition) is 6. The summed E-state index contributed by atoms with van der Waals surface area (Å²) in [6, 6.07) is 14.8. The van der Waals surface area contributed by atoms with Crippen LogP contribution >= 0.6 is 0 Å². The number of nitrogens with zero attached hydrogens (tertiary/aromatic N) is 3. The molecule has 1 aliphatic heterocycles. The Morgan fingerprint density at radius 1 is 0.853 bits per heavy atom. The molecule has 3 amide bonds. The second-order valence-electron chi connectivity index (χ2n) is 7.42. The normalized spacial score (nSPS) is 14.8. The number of ether oxygens (including phenoxy) is 1. The number of carbonyl (C=O) groups is 2. The van der Waals surface area contributed by atoms with Gasteiger partial charge in [-0.25, -0.2) is 4.79 Å².